The number of hydrogen-bond acceptors (Lipinski definition) is 4. The normalized spacial score (nSPS) is 13.0. The Bertz CT molecular complexity index is 500. The molecular formula is C15H19NO5. The molecule has 114 valence electrons. The van der Waals surface area contributed by atoms with Gasteiger partial charge in [-0.25, -0.2) is 4.79 Å². The molecule has 1 aromatic carbocycles. The summed E-state index contributed by atoms with van der Waals surface area (Å²) in [5.74, 6) is -2.76. The van der Waals surface area contributed by atoms with Crippen molar-refractivity contribution in [3.63, 3.8) is 0 Å². The highest BCUT2D eigenvalue weighted by atomic mass is 16.5. The van der Waals surface area contributed by atoms with Crippen LogP contribution in [0.1, 0.15) is 30.6 Å². The number of carbonyl (C=O) groups excluding carboxylic acids is 2. The minimum absolute atomic E-state index is 0.0211. The van der Waals surface area contributed by atoms with Gasteiger partial charge in [-0.15, -0.1) is 0 Å². The van der Waals surface area contributed by atoms with Gasteiger partial charge in [0.15, 0.2) is 0 Å². The van der Waals surface area contributed by atoms with Gasteiger partial charge in [0, 0.05) is 5.56 Å². The Balaban J connectivity index is 2.68. The molecule has 0 unspecified atom stereocenters. The van der Waals surface area contributed by atoms with Gasteiger partial charge in [-0.2, -0.15) is 0 Å². The third-order valence-electron chi connectivity index (χ3n) is 2.92. The van der Waals surface area contributed by atoms with Gasteiger partial charge in [-0.3, -0.25) is 9.59 Å². The second kappa shape index (κ2) is 8.04. The lowest BCUT2D eigenvalue weighted by molar-refractivity contribution is -0.148. The van der Waals surface area contributed by atoms with Crippen LogP contribution in [0.2, 0.25) is 0 Å². The second-order valence-corrected chi connectivity index (χ2v) is 4.62. The maximum absolute atomic E-state index is 11.9. The van der Waals surface area contributed by atoms with E-state index in [0.29, 0.717) is 5.56 Å². The topological polar surface area (TPSA) is 92.7 Å². The van der Waals surface area contributed by atoms with Crippen molar-refractivity contribution in [3.8, 4) is 0 Å². The fourth-order valence-electron chi connectivity index (χ4n) is 1.79. The minimum Gasteiger partial charge on any atom is -0.480 e. The Labute approximate surface area is 123 Å². The van der Waals surface area contributed by atoms with Gasteiger partial charge in [0.1, 0.15) is 6.04 Å². The van der Waals surface area contributed by atoms with Crippen LogP contribution in [-0.4, -0.2) is 35.6 Å². The molecule has 1 aromatic rings. The molecule has 0 spiro atoms. The van der Waals surface area contributed by atoms with E-state index in [1.165, 1.54) is 0 Å². The molecule has 6 heteroatoms. The van der Waals surface area contributed by atoms with Crippen LogP contribution < -0.4 is 5.32 Å². The highest BCUT2D eigenvalue weighted by Crippen LogP contribution is 2.10. The monoisotopic (exact) mass is 293 g/mol. The first kappa shape index (κ1) is 16.7. The maximum Gasteiger partial charge on any atom is 0.326 e. The summed E-state index contributed by atoms with van der Waals surface area (Å²) in [7, 11) is 0. The van der Waals surface area contributed by atoms with E-state index in [-0.39, 0.29) is 13.0 Å². The molecule has 0 saturated carbocycles. The largest absolute Gasteiger partial charge is 0.480 e. The van der Waals surface area contributed by atoms with Crippen molar-refractivity contribution < 1.29 is 24.2 Å². The van der Waals surface area contributed by atoms with Gasteiger partial charge in [-0.05, 0) is 25.5 Å². The van der Waals surface area contributed by atoms with Crippen LogP contribution in [0.25, 0.3) is 0 Å². The van der Waals surface area contributed by atoms with E-state index in [4.69, 9.17) is 9.84 Å². The lowest BCUT2D eigenvalue weighted by Crippen LogP contribution is -2.42. The van der Waals surface area contributed by atoms with Gasteiger partial charge in [-0.1, -0.05) is 25.1 Å². The summed E-state index contributed by atoms with van der Waals surface area (Å²) >= 11 is 0. The molecule has 0 aliphatic carbocycles. The van der Waals surface area contributed by atoms with Crippen LogP contribution in [0.5, 0.6) is 0 Å². The third kappa shape index (κ3) is 5.25. The Morgan fingerprint density at radius 2 is 1.86 bits per heavy atom. The number of nitrogens with one attached hydrogen (secondary N) is 1. The summed E-state index contributed by atoms with van der Waals surface area (Å²) in [6, 6.07) is 7.16. The zero-order valence-corrected chi connectivity index (χ0v) is 12.0. The highest BCUT2D eigenvalue weighted by molar-refractivity contribution is 5.96. The number of ether oxygens (including phenoxy) is 1. The summed E-state index contributed by atoms with van der Waals surface area (Å²) < 4.78 is 4.83. The molecule has 1 amide bonds. The summed E-state index contributed by atoms with van der Waals surface area (Å²) in [4.78, 5) is 34.7. The van der Waals surface area contributed by atoms with E-state index in [9.17, 15) is 14.4 Å². The van der Waals surface area contributed by atoms with Crippen LogP contribution in [0.4, 0.5) is 0 Å². The minimum atomic E-state index is -1.18. The zero-order chi connectivity index (χ0) is 15.8. The summed E-state index contributed by atoms with van der Waals surface area (Å²) in [6.07, 6.45) is -0.0211. The molecule has 0 fully saturated rings. The fourth-order valence-corrected chi connectivity index (χ4v) is 1.79. The SMILES string of the molecule is CCOC(=O)[C@H](C)C[C@H](NC(=O)c1ccccc1)C(=O)O. The van der Waals surface area contributed by atoms with E-state index in [0.717, 1.165) is 0 Å². The molecule has 0 heterocycles. The number of benzene rings is 1. The van der Waals surface area contributed by atoms with Crippen LogP contribution in [-0.2, 0) is 14.3 Å². The van der Waals surface area contributed by atoms with Gasteiger partial charge in [0.25, 0.3) is 5.91 Å². The quantitative estimate of drug-likeness (QED) is 0.742. The molecule has 0 aromatic heterocycles. The third-order valence-corrected chi connectivity index (χ3v) is 2.92. The molecule has 0 aliphatic heterocycles. The second-order valence-electron chi connectivity index (χ2n) is 4.62. The highest BCUT2D eigenvalue weighted by Gasteiger charge is 2.26. The molecule has 6 nitrogen and oxygen atoms in total. The Morgan fingerprint density at radius 1 is 1.24 bits per heavy atom. The van der Waals surface area contributed by atoms with Crippen LogP contribution in [0.15, 0.2) is 30.3 Å². The molecule has 0 bridgehead atoms. The van der Waals surface area contributed by atoms with Crippen molar-refractivity contribution in [1.82, 2.24) is 5.32 Å². The molecule has 0 aliphatic rings. The van der Waals surface area contributed by atoms with Crippen molar-refractivity contribution >= 4 is 17.8 Å². The standard InChI is InChI=1S/C15H19NO5/c1-3-21-15(20)10(2)9-12(14(18)19)16-13(17)11-7-5-4-6-8-11/h4-8,10,12H,3,9H2,1-2H3,(H,16,17)(H,18,19)/t10-,12+/m1/s1. The average molecular weight is 293 g/mol. The number of esters is 1. The van der Waals surface area contributed by atoms with Gasteiger partial charge < -0.3 is 15.2 Å². The first-order chi connectivity index (χ1) is 9.95. The van der Waals surface area contributed by atoms with E-state index in [1.807, 2.05) is 0 Å². The van der Waals surface area contributed by atoms with Gasteiger partial charge in [0.2, 0.25) is 0 Å². The predicted molar refractivity (Wildman–Crippen MR) is 75.7 cm³/mol. The first-order valence-electron chi connectivity index (χ1n) is 6.71. The number of aliphatic carboxylic acids is 1. The lowest BCUT2D eigenvalue weighted by Gasteiger charge is -2.18. The maximum atomic E-state index is 11.9. The zero-order valence-electron chi connectivity index (χ0n) is 12.0. The summed E-state index contributed by atoms with van der Waals surface area (Å²) in [5.41, 5.74) is 0.368. The molecule has 0 saturated heterocycles. The summed E-state index contributed by atoms with van der Waals surface area (Å²) in [5, 5.41) is 11.6. The summed E-state index contributed by atoms with van der Waals surface area (Å²) in [6.45, 7) is 3.48. The van der Waals surface area contributed by atoms with Crippen molar-refractivity contribution in [1.29, 1.82) is 0 Å². The van der Waals surface area contributed by atoms with Crippen molar-refractivity contribution in [3.05, 3.63) is 35.9 Å². The van der Waals surface area contributed by atoms with E-state index in [2.05, 4.69) is 5.32 Å². The number of hydrogen-bond donors (Lipinski definition) is 2. The van der Waals surface area contributed by atoms with E-state index >= 15 is 0 Å². The van der Waals surface area contributed by atoms with Gasteiger partial charge >= 0.3 is 11.9 Å². The number of amides is 1. The number of carboxylic acids is 1. The van der Waals surface area contributed by atoms with Crippen molar-refractivity contribution in [2.24, 2.45) is 5.92 Å². The van der Waals surface area contributed by atoms with Gasteiger partial charge in [0.05, 0.1) is 12.5 Å². The molecule has 1 rings (SSSR count). The number of rotatable bonds is 7. The lowest BCUT2D eigenvalue weighted by atomic mass is 10.0. The van der Waals surface area contributed by atoms with Crippen LogP contribution in [0.3, 0.4) is 0 Å². The predicted octanol–water partition coefficient (Wildman–Crippen LogP) is 1.46. The Morgan fingerprint density at radius 3 is 2.38 bits per heavy atom. The fraction of sp³-hybridized carbons (Fsp3) is 0.400. The molecule has 0 radical (unpaired) electrons. The number of carboxylic acid groups (broad SMARTS) is 1. The van der Waals surface area contributed by atoms with Crippen LogP contribution >= 0.6 is 0 Å². The smallest absolute Gasteiger partial charge is 0.326 e. The van der Waals surface area contributed by atoms with Crippen molar-refractivity contribution in [2.75, 3.05) is 6.61 Å². The molecule has 2 N–H and O–H groups in total. The Hall–Kier alpha value is -2.37. The van der Waals surface area contributed by atoms with Crippen LogP contribution in [0, 0.1) is 5.92 Å². The molecule has 2 atom stereocenters. The first-order valence-corrected chi connectivity index (χ1v) is 6.71. The van der Waals surface area contributed by atoms with E-state index < -0.39 is 29.8 Å². The Kier molecular flexibility index (Phi) is 6.39. The average Bonchev–Trinajstić information content (AvgIpc) is 2.47. The van der Waals surface area contributed by atoms with E-state index in [1.54, 1.807) is 44.2 Å². The number of carbonyl (C=O) groups is 3. The van der Waals surface area contributed by atoms with Crippen molar-refractivity contribution in [2.45, 2.75) is 26.3 Å². The molecule has 21 heavy (non-hydrogen) atoms. The molecular weight excluding hydrogens is 274 g/mol.